The minimum atomic E-state index is -4.68. The molecule has 226 valence electrons. The first-order chi connectivity index (χ1) is 19.3. The van der Waals surface area contributed by atoms with Gasteiger partial charge in [-0.1, -0.05) is 6.42 Å². The van der Waals surface area contributed by atoms with E-state index in [-0.39, 0.29) is 35.9 Å². The SMILES string of the molecule is COc1cc(C(=O)NC2CCN(C)CC2)ccc1Nc1ncc(C(F)(F)F)c(C[C@@H]2CCCC2N(C)S(C)(=O)=O)n1. The predicted molar refractivity (Wildman–Crippen MR) is 149 cm³/mol. The lowest BCUT2D eigenvalue weighted by Crippen LogP contribution is -2.43. The summed E-state index contributed by atoms with van der Waals surface area (Å²) in [6.45, 7) is 1.81. The van der Waals surface area contributed by atoms with Crippen molar-refractivity contribution in [2.24, 2.45) is 5.92 Å². The Hall–Kier alpha value is -2.97. The summed E-state index contributed by atoms with van der Waals surface area (Å²) in [4.78, 5) is 23.2. The minimum absolute atomic E-state index is 0.0518. The van der Waals surface area contributed by atoms with Crippen molar-refractivity contribution in [3.63, 3.8) is 0 Å². The normalized spacial score (nSPS) is 20.8. The fraction of sp³-hybridized carbons (Fsp3) is 0.593. The molecule has 14 heteroatoms. The van der Waals surface area contributed by atoms with Gasteiger partial charge in [0.2, 0.25) is 16.0 Å². The fourth-order valence-corrected chi connectivity index (χ4v) is 6.35. The van der Waals surface area contributed by atoms with E-state index < -0.39 is 27.8 Å². The van der Waals surface area contributed by atoms with Gasteiger partial charge in [0.25, 0.3) is 5.91 Å². The van der Waals surface area contributed by atoms with Gasteiger partial charge < -0.3 is 20.3 Å². The van der Waals surface area contributed by atoms with Gasteiger partial charge in [0.15, 0.2) is 0 Å². The summed E-state index contributed by atoms with van der Waals surface area (Å²) >= 11 is 0. The van der Waals surface area contributed by atoms with Gasteiger partial charge >= 0.3 is 6.18 Å². The van der Waals surface area contributed by atoms with Crippen molar-refractivity contribution in [1.82, 2.24) is 24.5 Å². The second-order valence-corrected chi connectivity index (χ2v) is 12.9. The van der Waals surface area contributed by atoms with Crippen LogP contribution in [0.1, 0.15) is 53.7 Å². The van der Waals surface area contributed by atoms with E-state index in [0.717, 1.165) is 38.4 Å². The van der Waals surface area contributed by atoms with Gasteiger partial charge in [-0.2, -0.15) is 13.2 Å². The summed E-state index contributed by atoms with van der Waals surface area (Å²) < 4.78 is 72.6. The molecule has 2 N–H and O–H groups in total. The number of rotatable bonds is 9. The number of ether oxygens (including phenoxy) is 1. The highest BCUT2D eigenvalue weighted by Gasteiger charge is 2.39. The van der Waals surface area contributed by atoms with Crippen LogP contribution in [0.4, 0.5) is 24.8 Å². The van der Waals surface area contributed by atoms with Crippen LogP contribution in [0.5, 0.6) is 5.75 Å². The Labute approximate surface area is 238 Å². The molecule has 1 aromatic carbocycles. The molecule has 1 unspecified atom stereocenters. The quantitative estimate of drug-likeness (QED) is 0.449. The van der Waals surface area contributed by atoms with E-state index in [1.165, 1.54) is 18.5 Å². The van der Waals surface area contributed by atoms with Crippen LogP contribution in [0.25, 0.3) is 0 Å². The number of nitrogens with zero attached hydrogens (tertiary/aromatic N) is 4. The van der Waals surface area contributed by atoms with E-state index in [4.69, 9.17) is 4.74 Å². The zero-order valence-electron chi connectivity index (χ0n) is 23.7. The van der Waals surface area contributed by atoms with Crippen LogP contribution in [-0.2, 0) is 22.6 Å². The van der Waals surface area contributed by atoms with Gasteiger partial charge in [0, 0.05) is 30.9 Å². The number of benzene rings is 1. The number of sulfonamides is 1. The third-order valence-corrected chi connectivity index (χ3v) is 9.32. The summed E-state index contributed by atoms with van der Waals surface area (Å²) in [5.41, 5.74) is -0.391. The van der Waals surface area contributed by atoms with Gasteiger partial charge in [0.1, 0.15) is 5.75 Å². The molecule has 0 bridgehead atoms. The predicted octanol–water partition coefficient (Wildman–Crippen LogP) is 3.67. The number of hydrogen-bond acceptors (Lipinski definition) is 8. The van der Waals surface area contributed by atoms with Gasteiger partial charge in [0.05, 0.1) is 30.3 Å². The maximum absolute atomic E-state index is 13.9. The monoisotopic (exact) mass is 598 g/mol. The van der Waals surface area contributed by atoms with Crippen molar-refractivity contribution in [3.05, 3.63) is 41.2 Å². The maximum atomic E-state index is 13.9. The molecule has 41 heavy (non-hydrogen) atoms. The van der Waals surface area contributed by atoms with Crippen molar-refractivity contribution in [3.8, 4) is 5.75 Å². The van der Waals surface area contributed by atoms with E-state index in [1.807, 2.05) is 7.05 Å². The van der Waals surface area contributed by atoms with Crippen LogP contribution in [-0.4, -0.2) is 86.1 Å². The molecule has 1 aliphatic carbocycles. The first kappa shape index (κ1) is 31.0. The molecular weight excluding hydrogens is 561 g/mol. The van der Waals surface area contributed by atoms with Gasteiger partial charge in [-0.25, -0.2) is 22.7 Å². The Morgan fingerprint density at radius 1 is 1.20 bits per heavy atom. The number of carbonyl (C=O) groups excluding carboxylic acids is 1. The number of halogens is 3. The van der Waals surface area contributed by atoms with E-state index in [2.05, 4.69) is 25.5 Å². The van der Waals surface area contributed by atoms with Crippen LogP contribution < -0.4 is 15.4 Å². The molecule has 1 amide bonds. The number of piperidine rings is 1. The van der Waals surface area contributed by atoms with E-state index in [0.29, 0.717) is 36.3 Å². The van der Waals surface area contributed by atoms with Crippen molar-refractivity contribution in [2.75, 3.05) is 45.9 Å². The molecular formula is C27H37F3N6O4S. The lowest BCUT2D eigenvalue weighted by molar-refractivity contribution is -0.138. The van der Waals surface area contributed by atoms with Crippen LogP contribution in [0, 0.1) is 5.92 Å². The van der Waals surface area contributed by atoms with Crippen LogP contribution in [0.2, 0.25) is 0 Å². The number of hydrogen-bond donors (Lipinski definition) is 2. The second-order valence-electron chi connectivity index (χ2n) is 10.9. The van der Waals surface area contributed by atoms with Gasteiger partial charge in [-0.15, -0.1) is 0 Å². The number of anilines is 2. The number of aromatic nitrogens is 2. The molecule has 1 saturated heterocycles. The van der Waals surface area contributed by atoms with Crippen LogP contribution >= 0.6 is 0 Å². The maximum Gasteiger partial charge on any atom is 0.419 e. The molecule has 2 atom stereocenters. The average molecular weight is 599 g/mol. The molecule has 2 aromatic rings. The van der Waals surface area contributed by atoms with E-state index in [1.54, 1.807) is 18.2 Å². The van der Waals surface area contributed by atoms with Crippen molar-refractivity contribution in [1.29, 1.82) is 0 Å². The number of likely N-dealkylation sites (tertiary alicyclic amines) is 1. The third kappa shape index (κ3) is 7.66. The molecule has 10 nitrogen and oxygen atoms in total. The van der Waals surface area contributed by atoms with Crippen molar-refractivity contribution in [2.45, 2.75) is 56.8 Å². The minimum Gasteiger partial charge on any atom is -0.495 e. The summed E-state index contributed by atoms with van der Waals surface area (Å²) in [5, 5.41) is 5.96. The molecule has 0 radical (unpaired) electrons. The third-order valence-electron chi connectivity index (χ3n) is 8.00. The van der Waals surface area contributed by atoms with E-state index in [9.17, 15) is 26.4 Å². The smallest absolute Gasteiger partial charge is 0.419 e. The zero-order chi connectivity index (χ0) is 29.9. The van der Waals surface area contributed by atoms with E-state index >= 15 is 0 Å². The summed E-state index contributed by atoms with van der Waals surface area (Å²) in [6.07, 6.45) is 0.691. The fourth-order valence-electron chi connectivity index (χ4n) is 5.58. The topological polar surface area (TPSA) is 117 Å². The number of carbonyl (C=O) groups is 1. The highest BCUT2D eigenvalue weighted by molar-refractivity contribution is 7.88. The average Bonchev–Trinajstić information content (AvgIpc) is 3.36. The number of nitrogens with one attached hydrogen (secondary N) is 2. The Bertz CT molecular complexity index is 1350. The first-order valence-electron chi connectivity index (χ1n) is 13.6. The number of amides is 1. The number of alkyl halides is 3. The Morgan fingerprint density at radius 2 is 1.90 bits per heavy atom. The Balaban J connectivity index is 1.54. The molecule has 1 saturated carbocycles. The lowest BCUT2D eigenvalue weighted by atomic mass is 9.95. The van der Waals surface area contributed by atoms with Crippen molar-refractivity contribution >= 4 is 27.6 Å². The standard InChI is InChI=1S/C27H37F3N6O4S/c1-35-12-10-19(11-13-35)32-25(37)18-8-9-21(24(15-18)40-3)33-26-31-16-20(27(28,29)30)22(34-26)14-17-6-5-7-23(17)36(2)41(4,38)39/h8-9,15-17,19,23H,5-7,10-14H2,1-4H3,(H,32,37)(H,31,33,34)/t17-,23?/m0/s1. The Kier molecular flexibility index (Phi) is 9.44. The van der Waals surface area contributed by atoms with Crippen LogP contribution in [0.15, 0.2) is 24.4 Å². The molecule has 1 aromatic heterocycles. The highest BCUT2D eigenvalue weighted by atomic mass is 32.2. The highest BCUT2D eigenvalue weighted by Crippen LogP contribution is 2.38. The summed E-state index contributed by atoms with van der Waals surface area (Å²) in [5.74, 6) is -0.323. The summed E-state index contributed by atoms with van der Waals surface area (Å²) in [6, 6.07) is 4.42. The first-order valence-corrected chi connectivity index (χ1v) is 15.4. The second kappa shape index (κ2) is 12.5. The molecule has 2 heterocycles. The summed E-state index contributed by atoms with van der Waals surface area (Å²) in [7, 11) is 1.42. The molecule has 2 fully saturated rings. The number of methoxy groups -OCH3 is 1. The molecule has 1 aliphatic heterocycles. The van der Waals surface area contributed by atoms with Gasteiger partial charge in [-0.05, 0) is 76.4 Å². The lowest BCUT2D eigenvalue weighted by Gasteiger charge is -2.29. The Morgan fingerprint density at radius 3 is 2.54 bits per heavy atom. The molecule has 2 aliphatic rings. The molecule has 0 spiro atoms. The van der Waals surface area contributed by atoms with Crippen LogP contribution in [0.3, 0.4) is 0 Å². The molecule has 4 rings (SSSR count). The van der Waals surface area contributed by atoms with Gasteiger partial charge in [-0.3, -0.25) is 4.79 Å². The largest absolute Gasteiger partial charge is 0.495 e. The zero-order valence-corrected chi connectivity index (χ0v) is 24.5. The van der Waals surface area contributed by atoms with Crippen molar-refractivity contribution < 1.29 is 31.1 Å².